The molecule has 1 spiro atoms. The van der Waals surface area contributed by atoms with E-state index in [1.807, 2.05) is 0 Å². The Labute approximate surface area is 426 Å². The average molecular weight is 927 g/mol. The molecule has 2 aliphatic rings. The number of hydrogen-bond acceptors (Lipinski definition) is 2. The van der Waals surface area contributed by atoms with Gasteiger partial charge in [-0.3, -0.25) is 0 Å². The van der Waals surface area contributed by atoms with Crippen molar-refractivity contribution >= 4 is 0 Å². The highest BCUT2D eigenvalue weighted by Gasteiger charge is 2.49. The molecule has 0 aliphatic heterocycles. The van der Waals surface area contributed by atoms with Crippen molar-refractivity contribution in [2.24, 2.45) is 0 Å². The fourth-order valence-corrected chi connectivity index (χ4v) is 11.8. The zero-order chi connectivity index (χ0) is 48.3. The number of rotatable bonds is 7. The van der Waals surface area contributed by atoms with Crippen LogP contribution in [0.15, 0.2) is 279 Å². The summed E-state index contributed by atoms with van der Waals surface area (Å²) in [6.07, 6.45) is 0. The molecule has 0 bridgehead atoms. The van der Waals surface area contributed by atoms with Crippen LogP contribution >= 0.6 is 0 Å². The third-order valence-corrected chi connectivity index (χ3v) is 15.1. The second kappa shape index (κ2) is 17.4. The van der Waals surface area contributed by atoms with E-state index >= 15 is 0 Å². The molecule has 12 aromatic rings. The molecule has 0 amide bonds. The maximum absolute atomic E-state index is 5.62. The number of aromatic nitrogens is 2. The lowest BCUT2D eigenvalue weighted by atomic mass is 9.66. The first-order chi connectivity index (χ1) is 36.2. The lowest BCUT2D eigenvalue weighted by Gasteiger charge is -2.35. The summed E-state index contributed by atoms with van der Waals surface area (Å²) in [6, 6.07) is 102. The van der Waals surface area contributed by atoms with E-state index in [1.165, 1.54) is 55.6 Å². The van der Waals surface area contributed by atoms with E-state index in [0.717, 1.165) is 72.6 Å². The van der Waals surface area contributed by atoms with Crippen LogP contribution in [0, 0.1) is 0 Å². The Hall–Kier alpha value is -9.50. The molecule has 340 valence electrons. The van der Waals surface area contributed by atoms with Crippen LogP contribution in [0.5, 0.6) is 0 Å². The van der Waals surface area contributed by atoms with Crippen LogP contribution in [-0.4, -0.2) is 9.97 Å². The molecule has 0 saturated carbocycles. The summed E-state index contributed by atoms with van der Waals surface area (Å²) in [5.41, 5.74) is 25.8. The van der Waals surface area contributed by atoms with Crippen LogP contribution in [0.4, 0.5) is 0 Å². The van der Waals surface area contributed by atoms with Gasteiger partial charge in [-0.15, -0.1) is 0 Å². The Morgan fingerprint density at radius 3 is 0.932 bits per heavy atom. The Balaban J connectivity index is 1.02. The van der Waals surface area contributed by atoms with E-state index in [4.69, 9.17) is 9.97 Å². The van der Waals surface area contributed by atoms with Gasteiger partial charge in [-0.2, -0.15) is 0 Å². The van der Waals surface area contributed by atoms with Gasteiger partial charge in [0, 0.05) is 16.7 Å². The van der Waals surface area contributed by atoms with E-state index in [-0.39, 0.29) is 0 Å². The molecule has 0 unspecified atom stereocenters. The molecule has 1 aromatic heterocycles. The van der Waals surface area contributed by atoms with Gasteiger partial charge in [0.1, 0.15) is 0 Å². The quantitative estimate of drug-likeness (QED) is 0.159. The van der Waals surface area contributed by atoms with Crippen molar-refractivity contribution in [2.45, 2.75) is 5.41 Å². The highest BCUT2D eigenvalue weighted by Crippen LogP contribution is 2.61. The van der Waals surface area contributed by atoms with Gasteiger partial charge >= 0.3 is 0 Å². The summed E-state index contributed by atoms with van der Waals surface area (Å²) >= 11 is 0. The monoisotopic (exact) mass is 926 g/mol. The van der Waals surface area contributed by atoms with E-state index in [9.17, 15) is 0 Å². The van der Waals surface area contributed by atoms with E-state index in [1.54, 1.807) is 0 Å². The molecule has 11 aromatic carbocycles. The van der Waals surface area contributed by atoms with Crippen molar-refractivity contribution in [1.29, 1.82) is 0 Å². The molecular weight excluding hydrogens is 881 g/mol. The molecule has 2 heteroatoms. The van der Waals surface area contributed by atoms with Crippen LogP contribution in [-0.2, 0) is 5.41 Å². The molecule has 0 N–H and O–H groups in total. The summed E-state index contributed by atoms with van der Waals surface area (Å²) in [6.45, 7) is 0. The fraction of sp³-hybridized carbons (Fsp3) is 0.0141. The van der Waals surface area contributed by atoms with Crippen molar-refractivity contribution in [3.05, 3.63) is 301 Å². The molecule has 14 rings (SSSR count). The highest BCUT2D eigenvalue weighted by atomic mass is 14.9. The van der Waals surface area contributed by atoms with Crippen LogP contribution in [0.1, 0.15) is 22.3 Å². The lowest BCUT2D eigenvalue weighted by Crippen LogP contribution is -2.29. The predicted octanol–water partition coefficient (Wildman–Crippen LogP) is 18.2. The maximum atomic E-state index is 5.62. The third-order valence-electron chi connectivity index (χ3n) is 15.1. The first-order valence-corrected chi connectivity index (χ1v) is 25.1. The minimum Gasteiger partial charge on any atom is -0.228 e. The number of nitrogens with zero attached hydrogens (tertiary/aromatic N) is 2. The summed E-state index contributed by atoms with van der Waals surface area (Å²) in [4.78, 5) is 11.2. The second-order valence-electron chi connectivity index (χ2n) is 19.2. The number of hydrogen-bond donors (Lipinski definition) is 0. The molecule has 0 saturated heterocycles. The zero-order valence-electron chi connectivity index (χ0n) is 40.0. The molecular formula is C71H46N2. The summed E-state index contributed by atoms with van der Waals surface area (Å²) in [5, 5.41) is 0. The van der Waals surface area contributed by atoms with Crippen molar-refractivity contribution in [2.75, 3.05) is 0 Å². The predicted molar refractivity (Wildman–Crippen MR) is 302 cm³/mol. The second-order valence-corrected chi connectivity index (χ2v) is 19.2. The maximum Gasteiger partial charge on any atom is 0.160 e. The fourth-order valence-electron chi connectivity index (χ4n) is 11.8. The first-order valence-electron chi connectivity index (χ1n) is 25.1. The Kier molecular flexibility index (Phi) is 10.1. The van der Waals surface area contributed by atoms with Crippen LogP contribution in [0.3, 0.4) is 0 Å². The highest BCUT2D eigenvalue weighted by molar-refractivity contribution is 5.98. The van der Waals surface area contributed by atoms with E-state index in [2.05, 4.69) is 279 Å². The number of fused-ring (bicyclic) bond motifs is 12. The largest absolute Gasteiger partial charge is 0.228 e. The third kappa shape index (κ3) is 7.10. The van der Waals surface area contributed by atoms with Gasteiger partial charge in [0.05, 0.1) is 16.8 Å². The van der Waals surface area contributed by atoms with Gasteiger partial charge in [0.15, 0.2) is 5.82 Å². The van der Waals surface area contributed by atoms with E-state index < -0.39 is 5.41 Å². The normalized spacial score (nSPS) is 12.5. The van der Waals surface area contributed by atoms with Crippen LogP contribution < -0.4 is 0 Å². The zero-order valence-corrected chi connectivity index (χ0v) is 40.0. The Bertz CT molecular complexity index is 3740. The van der Waals surface area contributed by atoms with Gasteiger partial charge in [0.25, 0.3) is 0 Å². The van der Waals surface area contributed by atoms with Crippen molar-refractivity contribution in [3.63, 3.8) is 0 Å². The average Bonchev–Trinajstić information content (AvgIpc) is 3.78. The van der Waals surface area contributed by atoms with E-state index in [0.29, 0.717) is 5.82 Å². The molecule has 0 fully saturated rings. The molecule has 0 atom stereocenters. The molecule has 2 nitrogen and oxygen atoms in total. The van der Waals surface area contributed by atoms with Gasteiger partial charge in [0.2, 0.25) is 0 Å². The van der Waals surface area contributed by atoms with Crippen molar-refractivity contribution < 1.29 is 0 Å². The minimum absolute atomic E-state index is 0.573. The number of benzene rings is 11. The van der Waals surface area contributed by atoms with Crippen molar-refractivity contribution in [1.82, 2.24) is 9.97 Å². The smallest absolute Gasteiger partial charge is 0.160 e. The van der Waals surface area contributed by atoms with Gasteiger partial charge in [-0.1, -0.05) is 231 Å². The summed E-state index contributed by atoms with van der Waals surface area (Å²) < 4.78 is 0. The minimum atomic E-state index is -0.573. The van der Waals surface area contributed by atoms with Gasteiger partial charge in [-0.25, -0.2) is 9.97 Å². The standard InChI is InChI=1S/C71H46N2/c1-5-21-47(22-6-1)52-39-53(48-23-7-2-8-24-48)42-56(41-52)69-46-68(72-70(73-69)57-43-54(49-25-9-3-10-26-49)40-55(44-57)50-27-11-4-12-28-50)51-37-38-67-63(45-51)62-33-17-20-36-66(62)71(67)64-34-18-15-31-60(64)58-29-13-14-30-59(58)61-32-16-19-35-65(61)71/h1-46H. The van der Waals surface area contributed by atoms with Crippen molar-refractivity contribution in [3.8, 4) is 112 Å². The Morgan fingerprint density at radius 2 is 0.507 bits per heavy atom. The molecule has 1 heterocycles. The Morgan fingerprint density at radius 1 is 0.192 bits per heavy atom. The molecule has 0 radical (unpaired) electrons. The SMILES string of the molecule is c1ccc(-c2cc(-c3ccccc3)cc(-c3cc(-c4ccc5c(c4)-c4ccccc4C54c5ccccc5-c5ccccc5-c5ccccc54)nc(-c4cc(-c5ccccc5)cc(-c5ccccc5)c4)n3)c2)cc1. The topological polar surface area (TPSA) is 25.8 Å². The van der Waals surface area contributed by atoms with Crippen LogP contribution in [0.2, 0.25) is 0 Å². The van der Waals surface area contributed by atoms with Gasteiger partial charge < -0.3 is 0 Å². The van der Waals surface area contributed by atoms with Crippen LogP contribution in [0.25, 0.3) is 112 Å². The molecule has 2 aliphatic carbocycles. The lowest BCUT2D eigenvalue weighted by molar-refractivity contribution is 0.775. The molecule has 73 heavy (non-hydrogen) atoms. The first kappa shape index (κ1) is 42.4. The summed E-state index contributed by atoms with van der Waals surface area (Å²) in [7, 11) is 0. The summed E-state index contributed by atoms with van der Waals surface area (Å²) in [5.74, 6) is 0.663. The van der Waals surface area contributed by atoms with Gasteiger partial charge in [-0.05, 0) is 149 Å².